The van der Waals surface area contributed by atoms with Gasteiger partial charge in [-0.05, 0) is 13.8 Å². The maximum Gasteiger partial charge on any atom is 0.350 e. The number of nitriles is 1. The van der Waals surface area contributed by atoms with Crippen molar-refractivity contribution >= 4 is 22.3 Å². The molecule has 0 aliphatic carbocycles. The molecule has 0 bridgehead atoms. The first-order chi connectivity index (χ1) is 8.60. The zero-order valence-corrected chi connectivity index (χ0v) is 10.4. The summed E-state index contributed by atoms with van der Waals surface area (Å²) in [5.41, 5.74) is -0.472. The van der Waals surface area contributed by atoms with Crippen LogP contribution < -0.4 is 5.56 Å². The molecule has 2 rings (SSSR count). The maximum atomic E-state index is 11.9. The Kier molecular flexibility index (Phi) is 3.08. The number of esters is 1. The van der Waals surface area contributed by atoms with Crippen LogP contribution in [0, 0.1) is 18.3 Å². The third-order valence-corrected chi connectivity index (χ3v) is 3.37. The van der Waals surface area contributed by atoms with Crippen LogP contribution in [-0.4, -0.2) is 27.2 Å². The van der Waals surface area contributed by atoms with E-state index in [0.717, 1.165) is 11.3 Å². The molecule has 0 fully saturated rings. The number of ether oxygens (including phenoxy) is 1. The van der Waals surface area contributed by atoms with Crippen LogP contribution in [0.2, 0.25) is 0 Å². The Morgan fingerprint density at radius 3 is 2.89 bits per heavy atom. The molecule has 0 atom stereocenters. The van der Waals surface area contributed by atoms with E-state index in [-0.39, 0.29) is 17.3 Å². The van der Waals surface area contributed by atoms with Crippen molar-refractivity contribution in [3.63, 3.8) is 0 Å². The monoisotopic (exact) mass is 264 g/mol. The molecule has 0 aliphatic rings. The van der Waals surface area contributed by atoms with Gasteiger partial charge < -0.3 is 4.74 Å². The lowest BCUT2D eigenvalue weighted by Crippen LogP contribution is -2.20. The van der Waals surface area contributed by atoms with Crippen molar-refractivity contribution < 1.29 is 9.53 Å². The average Bonchev–Trinajstić information content (AvgIpc) is 2.68. The molecule has 92 valence electrons. The van der Waals surface area contributed by atoms with Crippen LogP contribution in [0.3, 0.4) is 0 Å². The lowest BCUT2D eigenvalue weighted by Gasteiger charge is -1.99. The van der Waals surface area contributed by atoms with Crippen LogP contribution in [0.4, 0.5) is 0 Å². The summed E-state index contributed by atoms with van der Waals surface area (Å²) in [7, 11) is 0. The number of carbonyl (C=O) groups is 1. The van der Waals surface area contributed by atoms with Gasteiger partial charge in [0, 0.05) is 0 Å². The molecule has 0 unspecified atom stereocenters. The molecule has 0 N–H and O–H groups in total. The standard InChI is InChI=1S/C10H8N4O3S/c1-3-17-9(16)7-5(2)14-8(15)6(4-11)12-13-10(14)18-7/h3H2,1-2H3. The third kappa shape index (κ3) is 1.74. The molecule has 0 saturated heterocycles. The van der Waals surface area contributed by atoms with E-state index in [9.17, 15) is 9.59 Å². The van der Waals surface area contributed by atoms with E-state index in [1.807, 2.05) is 0 Å². The fraction of sp³-hybridized carbons (Fsp3) is 0.300. The Labute approximate surface area is 105 Å². The fourth-order valence-electron chi connectivity index (χ4n) is 1.46. The molecule has 8 heteroatoms. The van der Waals surface area contributed by atoms with Crippen molar-refractivity contribution in [3.05, 3.63) is 26.6 Å². The number of thiazole rings is 1. The number of aryl methyl sites for hydroxylation is 1. The van der Waals surface area contributed by atoms with E-state index >= 15 is 0 Å². The Morgan fingerprint density at radius 2 is 2.28 bits per heavy atom. The van der Waals surface area contributed by atoms with Crippen LogP contribution in [0.1, 0.15) is 28.0 Å². The normalized spacial score (nSPS) is 10.3. The Balaban J connectivity index is 2.72. The average molecular weight is 264 g/mol. The van der Waals surface area contributed by atoms with E-state index in [1.54, 1.807) is 19.9 Å². The highest BCUT2D eigenvalue weighted by molar-refractivity contribution is 7.18. The summed E-state index contributed by atoms with van der Waals surface area (Å²) >= 11 is 1.01. The smallest absolute Gasteiger partial charge is 0.350 e. The van der Waals surface area contributed by atoms with Crippen molar-refractivity contribution in [1.29, 1.82) is 5.26 Å². The zero-order chi connectivity index (χ0) is 13.3. The van der Waals surface area contributed by atoms with Crippen LogP contribution in [0.15, 0.2) is 4.79 Å². The largest absolute Gasteiger partial charge is 0.462 e. The van der Waals surface area contributed by atoms with Gasteiger partial charge in [-0.1, -0.05) is 11.3 Å². The highest BCUT2D eigenvalue weighted by Gasteiger charge is 2.20. The number of nitrogens with zero attached hydrogens (tertiary/aromatic N) is 4. The topological polar surface area (TPSA) is 97.3 Å². The molecule has 0 radical (unpaired) electrons. The molecule has 2 aromatic heterocycles. The van der Waals surface area contributed by atoms with Gasteiger partial charge in [0.05, 0.1) is 12.3 Å². The summed E-state index contributed by atoms with van der Waals surface area (Å²) in [6.45, 7) is 3.54. The number of aromatic nitrogens is 3. The van der Waals surface area contributed by atoms with Crippen LogP contribution >= 0.6 is 11.3 Å². The first-order valence-corrected chi connectivity index (χ1v) is 5.87. The molecule has 0 amide bonds. The van der Waals surface area contributed by atoms with E-state index in [1.165, 1.54) is 4.40 Å². The Morgan fingerprint density at radius 1 is 1.56 bits per heavy atom. The third-order valence-electron chi connectivity index (χ3n) is 2.26. The lowest BCUT2D eigenvalue weighted by molar-refractivity contribution is 0.0531. The summed E-state index contributed by atoms with van der Waals surface area (Å²) in [6, 6.07) is 1.66. The van der Waals surface area contributed by atoms with Gasteiger partial charge in [-0.2, -0.15) is 5.26 Å². The van der Waals surface area contributed by atoms with Gasteiger partial charge in [-0.15, -0.1) is 10.2 Å². The summed E-state index contributed by atoms with van der Waals surface area (Å²) in [4.78, 5) is 24.1. The highest BCUT2D eigenvalue weighted by Crippen LogP contribution is 2.20. The first-order valence-electron chi connectivity index (χ1n) is 5.06. The summed E-state index contributed by atoms with van der Waals surface area (Å²) in [5.74, 6) is -0.511. The second kappa shape index (κ2) is 4.54. The molecular weight excluding hydrogens is 256 g/mol. The maximum absolute atomic E-state index is 11.9. The van der Waals surface area contributed by atoms with E-state index in [2.05, 4.69) is 10.2 Å². The first kappa shape index (κ1) is 12.2. The molecule has 2 heterocycles. The van der Waals surface area contributed by atoms with E-state index in [4.69, 9.17) is 10.00 Å². The van der Waals surface area contributed by atoms with Crippen molar-refractivity contribution in [3.8, 4) is 6.07 Å². The quantitative estimate of drug-likeness (QED) is 0.733. The number of rotatable bonds is 2. The molecule has 7 nitrogen and oxygen atoms in total. The molecule has 2 aromatic rings. The second-order valence-electron chi connectivity index (χ2n) is 3.32. The van der Waals surface area contributed by atoms with Crippen LogP contribution in [0.5, 0.6) is 0 Å². The zero-order valence-electron chi connectivity index (χ0n) is 9.63. The van der Waals surface area contributed by atoms with Crippen molar-refractivity contribution in [2.24, 2.45) is 0 Å². The van der Waals surface area contributed by atoms with Gasteiger partial charge in [0.2, 0.25) is 10.7 Å². The Bertz CT molecular complexity index is 725. The van der Waals surface area contributed by atoms with Gasteiger partial charge in [0.25, 0.3) is 5.56 Å². The molecule has 0 aromatic carbocycles. The predicted octanol–water partition coefficient (Wildman–Crippen LogP) is 0.508. The van der Waals surface area contributed by atoms with E-state index in [0.29, 0.717) is 10.6 Å². The van der Waals surface area contributed by atoms with Gasteiger partial charge in [0.15, 0.2) is 0 Å². The second-order valence-corrected chi connectivity index (χ2v) is 4.30. The van der Waals surface area contributed by atoms with Crippen LogP contribution in [0.25, 0.3) is 4.96 Å². The minimum atomic E-state index is -0.577. The van der Waals surface area contributed by atoms with Crippen molar-refractivity contribution in [1.82, 2.24) is 14.6 Å². The number of carbonyl (C=O) groups excluding carboxylic acids is 1. The fourth-order valence-corrected chi connectivity index (χ4v) is 2.41. The highest BCUT2D eigenvalue weighted by atomic mass is 32.1. The lowest BCUT2D eigenvalue weighted by atomic mass is 10.4. The molecule has 0 aliphatic heterocycles. The number of hydrogen-bond acceptors (Lipinski definition) is 7. The number of hydrogen-bond donors (Lipinski definition) is 0. The van der Waals surface area contributed by atoms with Crippen LogP contribution in [-0.2, 0) is 4.74 Å². The molecular formula is C10H8N4O3S. The van der Waals surface area contributed by atoms with E-state index < -0.39 is 11.5 Å². The summed E-state index contributed by atoms with van der Waals surface area (Å²) < 4.78 is 6.07. The summed E-state index contributed by atoms with van der Waals surface area (Å²) in [6.07, 6.45) is 0. The predicted molar refractivity (Wildman–Crippen MR) is 62.5 cm³/mol. The van der Waals surface area contributed by atoms with Crippen molar-refractivity contribution in [2.45, 2.75) is 13.8 Å². The molecule has 0 spiro atoms. The van der Waals surface area contributed by atoms with Gasteiger partial charge in [-0.3, -0.25) is 9.20 Å². The van der Waals surface area contributed by atoms with Crippen molar-refractivity contribution in [2.75, 3.05) is 6.61 Å². The Hall–Kier alpha value is -2.27. The van der Waals surface area contributed by atoms with Gasteiger partial charge in [-0.25, -0.2) is 4.79 Å². The minimum Gasteiger partial charge on any atom is -0.462 e. The number of fused-ring (bicyclic) bond motifs is 1. The van der Waals surface area contributed by atoms with Gasteiger partial charge >= 0.3 is 5.97 Å². The summed E-state index contributed by atoms with van der Waals surface area (Å²) in [5, 5.41) is 16.0. The molecule has 0 saturated carbocycles. The minimum absolute atomic E-state index is 0.247. The van der Waals surface area contributed by atoms with Gasteiger partial charge in [0.1, 0.15) is 10.9 Å². The SMILES string of the molecule is CCOC(=O)c1sc2nnc(C#N)c(=O)n2c1C. The molecule has 18 heavy (non-hydrogen) atoms.